The van der Waals surface area contributed by atoms with Crippen molar-refractivity contribution in [3.63, 3.8) is 0 Å². The molecule has 0 fully saturated rings. The predicted octanol–water partition coefficient (Wildman–Crippen LogP) is 1.90. The van der Waals surface area contributed by atoms with Crippen molar-refractivity contribution in [3.8, 4) is 0 Å². The molecule has 0 radical (unpaired) electrons. The van der Waals surface area contributed by atoms with Gasteiger partial charge in [0, 0.05) is 19.6 Å². The number of carbonyl (C=O) groups is 1. The molecule has 124 valence electrons. The van der Waals surface area contributed by atoms with Crippen molar-refractivity contribution >= 4 is 15.9 Å². The third-order valence-electron chi connectivity index (χ3n) is 2.98. The van der Waals surface area contributed by atoms with Gasteiger partial charge in [-0.05, 0) is 17.7 Å². The Morgan fingerprint density at radius 2 is 1.64 bits per heavy atom. The van der Waals surface area contributed by atoms with Crippen molar-refractivity contribution in [1.82, 2.24) is 9.62 Å². The zero-order valence-corrected chi connectivity index (χ0v) is 13.0. The quantitative estimate of drug-likeness (QED) is 0.861. The highest BCUT2D eigenvalue weighted by Crippen LogP contribution is 2.17. The van der Waals surface area contributed by atoms with Gasteiger partial charge in [-0.25, -0.2) is 8.42 Å². The topological polar surface area (TPSA) is 66.5 Å². The van der Waals surface area contributed by atoms with Crippen LogP contribution in [0.15, 0.2) is 29.2 Å². The van der Waals surface area contributed by atoms with E-state index in [1.165, 1.54) is 28.6 Å². The summed E-state index contributed by atoms with van der Waals surface area (Å²) in [6, 6.07) is 5.35. The largest absolute Gasteiger partial charge is 0.471 e. The number of carbonyl (C=O) groups excluding carboxylic acids is 1. The van der Waals surface area contributed by atoms with Crippen LogP contribution in [0.4, 0.5) is 13.2 Å². The number of amides is 1. The van der Waals surface area contributed by atoms with Gasteiger partial charge in [-0.15, -0.1) is 0 Å². The van der Waals surface area contributed by atoms with Gasteiger partial charge in [-0.3, -0.25) is 4.79 Å². The van der Waals surface area contributed by atoms with Crippen LogP contribution >= 0.6 is 0 Å². The molecule has 1 amide bonds. The fraction of sp³-hybridized carbons (Fsp3) is 0.462. The SMILES string of the molecule is CCN(CC)S(=O)(=O)c1ccc(CNC(=O)C(F)(F)F)cc1. The van der Waals surface area contributed by atoms with E-state index < -0.39 is 22.1 Å². The monoisotopic (exact) mass is 338 g/mol. The van der Waals surface area contributed by atoms with Crippen LogP contribution in [-0.2, 0) is 21.4 Å². The summed E-state index contributed by atoms with van der Waals surface area (Å²) < 4.78 is 61.8. The molecule has 1 aromatic carbocycles. The number of nitrogens with zero attached hydrogens (tertiary/aromatic N) is 1. The fourth-order valence-electron chi connectivity index (χ4n) is 1.77. The van der Waals surface area contributed by atoms with E-state index in [0.29, 0.717) is 18.7 Å². The molecule has 0 aliphatic carbocycles. The molecule has 1 rings (SSSR count). The number of halogens is 3. The van der Waals surface area contributed by atoms with E-state index in [9.17, 15) is 26.4 Å². The minimum Gasteiger partial charge on any atom is -0.344 e. The fourth-order valence-corrected chi connectivity index (χ4v) is 3.23. The molecule has 0 atom stereocenters. The molecule has 0 aliphatic rings. The predicted molar refractivity (Wildman–Crippen MR) is 74.5 cm³/mol. The minimum absolute atomic E-state index is 0.0575. The summed E-state index contributed by atoms with van der Waals surface area (Å²) in [4.78, 5) is 10.7. The van der Waals surface area contributed by atoms with Crippen LogP contribution in [0.25, 0.3) is 0 Å². The Hall–Kier alpha value is -1.61. The highest BCUT2D eigenvalue weighted by Gasteiger charge is 2.38. The standard InChI is InChI=1S/C13H17F3N2O3S/c1-3-18(4-2)22(20,21)11-7-5-10(6-8-11)9-17-12(19)13(14,15)16/h5-8H,3-4,9H2,1-2H3,(H,17,19). The summed E-state index contributed by atoms with van der Waals surface area (Å²) in [5, 5.41) is 1.72. The normalized spacial score (nSPS) is 12.5. The third kappa shape index (κ3) is 4.44. The Labute approximate surface area is 127 Å². The Morgan fingerprint density at radius 1 is 1.14 bits per heavy atom. The molecule has 0 spiro atoms. The number of hydrogen-bond donors (Lipinski definition) is 1. The van der Waals surface area contributed by atoms with Crippen molar-refractivity contribution in [3.05, 3.63) is 29.8 Å². The van der Waals surface area contributed by atoms with Gasteiger partial charge in [0.15, 0.2) is 0 Å². The van der Waals surface area contributed by atoms with Crippen molar-refractivity contribution in [2.45, 2.75) is 31.5 Å². The van der Waals surface area contributed by atoms with Crippen molar-refractivity contribution in [2.24, 2.45) is 0 Å². The minimum atomic E-state index is -4.94. The molecule has 9 heteroatoms. The lowest BCUT2D eigenvalue weighted by molar-refractivity contribution is -0.173. The highest BCUT2D eigenvalue weighted by atomic mass is 32.2. The van der Waals surface area contributed by atoms with E-state index in [1.807, 2.05) is 0 Å². The van der Waals surface area contributed by atoms with Gasteiger partial charge in [0.2, 0.25) is 10.0 Å². The Balaban J connectivity index is 2.81. The Morgan fingerprint density at radius 3 is 2.05 bits per heavy atom. The first-order chi connectivity index (χ1) is 10.1. The highest BCUT2D eigenvalue weighted by molar-refractivity contribution is 7.89. The first-order valence-corrected chi connectivity index (χ1v) is 8.01. The van der Waals surface area contributed by atoms with Crippen molar-refractivity contribution in [2.75, 3.05) is 13.1 Å². The van der Waals surface area contributed by atoms with E-state index >= 15 is 0 Å². The number of nitrogens with one attached hydrogen (secondary N) is 1. The molecule has 0 bridgehead atoms. The first-order valence-electron chi connectivity index (χ1n) is 6.57. The molecule has 0 saturated carbocycles. The van der Waals surface area contributed by atoms with E-state index in [4.69, 9.17) is 0 Å². The molecule has 1 N–H and O–H groups in total. The summed E-state index contributed by atoms with van der Waals surface area (Å²) in [7, 11) is -3.61. The smallest absolute Gasteiger partial charge is 0.344 e. The maximum atomic E-state index is 12.2. The van der Waals surface area contributed by atoms with Gasteiger partial charge >= 0.3 is 12.1 Å². The lowest BCUT2D eigenvalue weighted by Crippen LogP contribution is -2.36. The molecule has 0 aliphatic heterocycles. The molecule has 0 heterocycles. The average molecular weight is 338 g/mol. The zero-order valence-electron chi connectivity index (χ0n) is 12.1. The van der Waals surface area contributed by atoms with Gasteiger partial charge in [0.05, 0.1) is 4.90 Å². The van der Waals surface area contributed by atoms with Crippen LogP contribution in [0, 0.1) is 0 Å². The zero-order chi connectivity index (χ0) is 17.0. The number of sulfonamides is 1. The third-order valence-corrected chi connectivity index (χ3v) is 5.04. The number of alkyl halides is 3. The summed E-state index contributed by atoms with van der Waals surface area (Å²) in [5.74, 6) is -2.03. The Bertz CT molecular complexity index is 608. The molecule has 0 saturated heterocycles. The number of hydrogen-bond acceptors (Lipinski definition) is 3. The van der Waals surface area contributed by atoms with Gasteiger partial charge in [-0.1, -0.05) is 26.0 Å². The lowest BCUT2D eigenvalue weighted by Gasteiger charge is -2.18. The van der Waals surface area contributed by atoms with Gasteiger partial charge in [0.25, 0.3) is 0 Å². The average Bonchev–Trinajstić information content (AvgIpc) is 2.45. The van der Waals surface area contributed by atoms with Gasteiger partial charge < -0.3 is 5.32 Å². The summed E-state index contributed by atoms with van der Waals surface area (Å²) in [6.45, 7) is 3.73. The second-order valence-electron chi connectivity index (χ2n) is 4.41. The lowest BCUT2D eigenvalue weighted by atomic mass is 10.2. The Kier molecular flexibility index (Phi) is 5.95. The van der Waals surface area contributed by atoms with Crippen LogP contribution in [-0.4, -0.2) is 37.9 Å². The molecule has 22 heavy (non-hydrogen) atoms. The number of rotatable bonds is 6. The summed E-state index contributed by atoms with van der Waals surface area (Å²) in [6.07, 6.45) is -4.94. The molecule has 0 aromatic heterocycles. The second kappa shape index (κ2) is 7.10. The molecular weight excluding hydrogens is 321 g/mol. The van der Waals surface area contributed by atoms with E-state index in [2.05, 4.69) is 0 Å². The molecule has 0 unspecified atom stereocenters. The molecule has 5 nitrogen and oxygen atoms in total. The second-order valence-corrected chi connectivity index (χ2v) is 6.35. The molecule has 1 aromatic rings. The van der Waals surface area contributed by atoms with Gasteiger partial charge in [0.1, 0.15) is 0 Å². The van der Waals surface area contributed by atoms with Gasteiger partial charge in [-0.2, -0.15) is 17.5 Å². The van der Waals surface area contributed by atoms with Crippen LogP contribution in [0.3, 0.4) is 0 Å². The van der Waals surface area contributed by atoms with Crippen molar-refractivity contribution in [1.29, 1.82) is 0 Å². The first kappa shape index (κ1) is 18.4. The summed E-state index contributed by atoms with van der Waals surface area (Å²) in [5.41, 5.74) is 0.371. The maximum Gasteiger partial charge on any atom is 0.471 e. The van der Waals surface area contributed by atoms with Crippen LogP contribution in [0.1, 0.15) is 19.4 Å². The van der Waals surface area contributed by atoms with E-state index in [-0.39, 0.29) is 11.4 Å². The van der Waals surface area contributed by atoms with E-state index in [1.54, 1.807) is 19.2 Å². The number of benzene rings is 1. The van der Waals surface area contributed by atoms with Crippen molar-refractivity contribution < 1.29 is 26.4 Å². The molecular formula is C13H17F3N2O3S. The van der Waals surface area contributed by atoms with Crippen LogP contribution < -0.4 is 5.32 Å². The van der Waals surface area contributed by atoms with Crippen LogP contribution in [0.2, 0.25) is 0 Å². The maximum absolute atomic E-state index is 12.2. The van der Waals surface area contributed by atoms with Crippen LogP contribution in [0.5, 0.6) is 0 Å². The summed E-state index contributed by atoms with van der Waals surface area (Å²) >= 11 is 0. The van der Waals surface area contributed by atoms with E-state index in [0.717, 1.165) is 0 Å².